The predicted octanol–water partition coefficient (Wildman–Crippen LogP) is 5.26. The van der Waals surface area contributed by atoms with E-state index in [1.54, 1.807) is 25.6 Å². The number of thiocarbonyl (C=S) groups is 1. The molecule has 1 aliphatic carbocycles. The highest BCUT2D eigenvalue weighted by Crippen LogP contribution is 2.38. The quantitative estimate of drug-likeness (QED) is 0.330. The third kappa shape index (κ3) is 5.49. The Morgan fingerprint density at radius 3 is 2.68 bits per heavy atom. The van der Waals surface area contributed by atoms with Gasteiger partial charge in [0.15, 0.2) is 5.11 Å². The first-order valence-electron chi connectivity index (χ1n) is 10.6. The van der Waals surface area contributed by atoms with Crippen molar-refractivity contribution in [1.29, 1.82) is 0 Å². The molecule has 1 unspecified atom stereocenters. The van der Waals surface area contributed by atoms with Crippen molar-refractivity contribution in [2.24, 2.45) is 0 Å². The van der Waals surface area contributed by atoms with Crippen molar-refractivity contribution in [3.8, 4) is 11.5 Å². The van der Waals surface area contributed by atoms with Gasteiger partial charge in [0.2, 0.25) is 0 Å². The molecule has 6 nitrogen and oxygen atoms in total. The first-order chi connectivity index (χ1) is 15.0. The topological polar surface area (TPSA) is 68.8 Å². The van der Waals surface area contributed by atoms with E-state index < -0.39 is 0 Å². The summed E-state index contributed by atoms with van der Waals surface area (Å²) in [6, 6.07) is 5.53. The van der Waals surface area contributed by atoms with Crippen molar-refractivity contribution in [2.75, 3.05) is 26.1 Å². The summed E-state index contributed by atoms with van der Waals surface area (Å²) < 4.78 is 16.2. The summed E-state index contributed by atoms with van der Waals surface area (Å²) in [7, 11) is 3.27. The molecule has 3 rings (SSSR count). The average molecular weight is 463 g/mol. The molecule has 0 amide bonds. The van der Waals surface area contributed by atoms with Crippen LogP contribution in [0.25, 0.3) is 0 Å². The molecule has 168 valence electrons. The van der Waals surface area contributed by atoms with E-state index in [-0.39, 0.29) is 12.0 Å². The van der Waals surface area contributed by atoms with E-state index in [1.807, 2.05) is 32.0 Å². The van der Waals surface area contributed by atoms with E-state index in [4.69, 9.17) is 26.4 Å². The lowest BCUT2D eigenvalue weighted by Gasteiger charge is -2.20. The summed E-state index contributed by atoms with van der Waals surface area (Å²) in [5.74, 6) is 1.21. The van der Waals surface area contributed by atoms with Gasteiger partial charge in [-0.1, -0.05) is 6.42 Å². The molecule has 1 atom stereocenters. The van der Waals surface area contributed by atoms with Crippen LogP contribution < -0.4 is 20.1 Å². The first kappa shape index (κ1) is 23.3. The molecule has 1 heterocycles. The van der Waals surface area contributed by atoms with Gasteiger partial charge in [0.05, 0.1) is 32.4 Å². The van der Waals surface area contributed by atoms with Gasteiger partial charge in [-0.05, 0) is 75.5 Å². The van der Waals surface area contributed by atoms with Crippen LogP contribution in [0.4, 0.5) is 5.00 Å². The van der Waals surface area contributed by atoms with Gasteiger partial charge >= 0.3 is 5.97 Å². The maximum atomic E-state index is 12.7. The SMILES string of the molecule is CCOC(=O)c1c(NC(=S)NC(C)c2cc(OC)ccc2OC)sc2c1CCCCC2. The molecular formula is C23H30N2O4S2. The standard InChI is InChI=1S/C23H30N2O4S2/c1-5-29-22(26)20-16-9-7-6-8-10-19(16)31-21(20)25-23(30)24-14(2)17-13-15(27-3)11-12-18(17)28-4/h11-14H,5-10H2,1-4H3,(H2,24,25,30). The smallest absolute Gasteiger partial charge is 0.341 e. The highest BCUT2D eigenvalue weighted by Gasteiger charge is 2.26. The number of hydrogen-bond donors (Lipinski definition) is 2. The summed E-state index contributed by atoms with van der Waals surface area (Å²) in [5.41, 5.74) is 2.69. The number of fused-ring (bicyclic) bond motifs is 1. The van der Waals surface area contributed by atoms with Crippen LogP contribution in [0.2, 0.25) is 0 Å². The second-order valence-corrected chi connectivity index (χ2v) is 8.93. The zero-order valence-corrected chi connectivity index (χ0v) is 20.1. The van der Waals surface area contributed by atoms with Crippen LogP contribution in [-0.4, -0.2) is 31.9 Å². The maximum absolute atomic E-state index is 12.7. The van der Waals surface area contributed by atoms with Crippen LogP contribution in [0.3, 0.4) is 0 Å². The molecule has 0 aliphatic heterocycles. The van der Waals surface area contributed by atoms with Crippen LogP contribution >= 0.6 is 23.6 Å². The summed E-state index contributed by atoms with van der Waals surface area (Å²) in [6.45, 7) is 4.17. The number of rotatable bonds is 7. The highest BCUT2D eigenvalue weighted by molar-refractivity contribution is 7.80. The van der Waals surface area contributed by atoms with E-state index in [2.05, 4.69) is 10.6 Å². The molecule has 31 heavy (non-hydrogen) atoms. The summed E-state index contributed by atoms with van der Waals surface area (Å²) >= 11 is 7.20. The Hall–Kier alpha value is -2.32. The van der Waals surface area contributed by atoms with Crippen LogP contribution in [0.15, 0.2) is 18.2 Å². The van der Waals surface area contributed by atoms with E-state index in [9.17, 15) is 4.79 Å². The Kier molecular flexibility index (Phi) is 8.15. The van der Waals surface area contributed by atoms with E-state index in [1.165, 1.54) is 11.3 Å². The monoisotopic (exact) mass is 462 g/mol. The fourth-order valence-electron chi connectivity index (χ4n) is 3.84. The number of esters is 1. The molecule has 0 fully saturated rings. The third-order valence-corrected chi connectivity index (χ3v) is 6.81. The fraction of sp³-hybridized carbons (Fsp3) is 0.478. The molecule has 2 N–H and O–H groups in total. The van der Waals surface area contributed by atoms with Crippen molar-refractivity contribution in [3.63, 3.8) is 0 Å². The minimum atomic E-state index is -0.283. The van der Waals surface area contributed by atoms with Gasteiger partial charge in [0.1, 0.15) is 16.5 Å². The minimum Gasteiger partial charge on any atom is -0.497 e. The summed E-state index contributed by atoms with van der Waals surface area (Å²) in [5, 5.41) is 7.76. The molecular weight excluding hydrogens is 432 g/mol. The molecule has 1 aliphatic rings. The molecule has 0 saturated carbocycles. The molecule has 1 aromatic heterocycles. The largest absolute Gasteiger partial charge is 0.497 e. The third-order valence-electron chi connectivity index (χ3n) is 5.38. The Balaban J connectivity index is 1.81. The normalized spacial score (nSPS) is 14.1. The molecule has 2 aromatic rings. The zero-order chi connectivity index (χ0) is 22.4. The number of nitrogens with one attached hydrogen (secondary N) is 2. The van der Waals surface area contributed by atoms with Crippen molar-refractivity contribution in [3.05, 3.63) is 39.8 Å². The molecule has 0 saturated heterocycles. The first-order valence-corrected chi connectivity index (χ1v) is 11.8. The van der Waals surface area contributed by atoms with Crippen LogP contribution in [0, 0.1) is 0 Å². The summed E-state index contributed by atoms with van der Waals surface area (Å²) in [4.78, 5) is 14.0. The van der Waals surface area contributed by atoms with Crippen LogP contribution in [0.5, 0.6) is 11.5 Å². The van der Waals surface area contributed by atoms with Gasteiger partial charge in [-0.15, -0.1) is 11.3 Å². The molecule has 1 aromatic carbocycles. The van der Waals surface area contributed by atoms with Gasteiger partial charge < -0.3 is 24.8 Å². The minimum absolute atomic E-state index is 0.131. The van der Waals surface area contributed by atoms with Gasteiger partial charge in [0, 0.05) is 10.4 Å². The Morgan fingerprint density at radius 2 is 1.97 bits per heavy atom. The van der Waals surface area contributed by atoms with Crippen molar-refractivity contribution in [2.45, 2.75) is 52.0 Å². The Bertz CT molecular complexity index is 942. The van der Waals surface area contributed by atoms with Crippen molar-refractivity contribution >= 4 is 39.6 Å². The van der Waals surface area contributed by atoms with Gasteiger partial charge in [0.25, 0.3) is 0 Å². The lowest BCUT2D eigenvalue weighted by molar-refractivity contribution is 0.0527. The van der Waals surface area contributed by atoms with E-state index >= 15 is 0 Å². The number of carbonyl (C=O) groups is 1. The number of hydrogen-bond acceptors (Lipinski definition) is 6. The number of aryl methyl sites for hydroxylation is 1. The van der Waals surface area contributed by atoms with Gasteiger partial charge in [-0.2, -0.15) is 0 Å². The molecule has 8 heteroatoms. The predicted molar refractivity (Wildman–Crippen MR) is 129 cm³/mol. The number of thiophene rings is 1. The lowest BCUT2D eigenvalue weighted by atomic mass is 10.1. The van der Waals surface area contributed by atoms with Gasteiger partial charge in [-0.25, -0.2) is 4.79 Å². The van der Waals surface area contributed by atoms with Crippen molar-refractivity contribution in [1.82, 2.24) is 5.32 Å². The van der Waals surface area contributed by atoms with E-state index in [0.717, 1.165) is 53.3 Å². The fourth-order valence-corrected chi connectivity index (χ4v) is 5.47. The average Bonchev–Trinajstić information content (AvgIpc) is 2.93. The second kappa shape index (κ2) is 10.8. The Labute approximate surface area is 193 Å². The number of carbonyl (C=O) groups excluding carboxylic acids is 1. The number of methoxy groups -OCH3 is 2. The molecule has 0 bridgehead atoms. The molecule has 0 radical (unpaired) electrons. The van der Waals surface area contributed by atoms with Crippen molar-refractivity contribution < 1.29 is 19.0 Å². The van der Waals surface area contributed by atoms with Crippen LogP contribution in [-0.2, 0) is 17.6 Å². The number of anilines is 1. The second-order valence-electron chi connectivity index (χ2n) is 7.42. The number of benzene rings is 1. The maximum Gasteiger partial charge on any atom is 0.341 e. The van der Waals surface area contributed by atoms with Gasteiger partial charge in [-0.3, -0.25) is 0 Å². The Morgan fingerprint density at radius 1 is 1.19 bits per heavy atom. The number of ether oxygens (including phenoxy) is 3. The van der Waals surface area contributed by atoms with Crippen LogP contribution in [0.1, 0.15) is 65.5 Å². The zero-order valence-electron chi connectivity index (χ0n) is 18.5. The highest BCUT2D eigenvalue weighted by atomic mass is 32.1. The van der Waals surface area contributed by atoms with E-state index in [0.29, 0.717) is 17.3 Å². The lowest BCUT2D eigenvalue weighted by Crippen LogP contribution is -2.31. The molecule has 0 spiro atoms. The summed E-state index contributed by atoms with van der Waals surface area (Å²) in [6.07, 6.45) is 5.31.